The standard InChI is InChI=1S/C18H28N8S/c1-13-21-16-15(6-5-11-26(16)24-13)23-17(19-2)20-8-7-14-12-27-18(22-14)25-9-3-4-10-25/h12,15H,3-11H2,1-2H3,(H2,19,20,23). The maximum atomic E-state index is 4.79. The fourth-order valence-electron chi connectivity index (χ4n) is 3.74. The molecule has 146 valence electrons. The Bertz CT molecular complexity index is 789. The lowest BCUT2D eigenvalue weighted by Gasteiger charge is -2.24. The minimum Gasteiger partial charge on any atom is -0.356 e. The molecule has 0 aliphatic carbocycles. The number of nitrogens with zero attached hydrogens (tertiary/aromatic N) is 6. The highest BCUT2D eigenvalue weighted by Crippen LogP contribution is 2.24. The van der Waals surface area contributed by atoms with Crippen LogP contribution in [0.3, 0.4) is 0 Å². The second kappa shape index (κ2) is 8.24. The molecule has 0 bridgehead atoms. The number of guanidine groups is 1. The van der Waals surface area contributed by atoms with Crippen LogP contribution in [0.4, 0.5) is 5.13 Å². The zero-order valence-electron chi connectivity index (χ0n) is 16.1. The Morgan fingerprint density at radius 2 is 2.11 bits per heavy atom. The van der Waals surface area contributed by atoms with Crippen LogP contribution in [0.15, 0.2) is 10.4 Å². The number of hydrogen-bond acceptors (Lipinski definition) is 6. The third kappa shape index (κ3) is 4.23. The topological polar surface area (TPSA) is 83.3 Å². The van der Waals surface area contributed by atoms with Gasteiger partial charge in [-0.3, -0.25) is 4.99 Å². The third-order valence-electron chi connectivity index (χ3n) is 5.10. The highest BCUT2D eigenvalue weighted by molar-refractivity contribution is 7.13. The molecule has 9 heteroatoms. The van der Waals surface area contributed by atoms with Crippen LogP contribution in [0.25, 0.3) is 0 Å². The average Bonchev–Trinajstić information content (AvgIpc) is 3.40. The van der Waals surface area contributed by atoms with E-state index in [4.69, 9.17) is 4.98 Å². The van der Waals surface area contributed by atoms with Crippen LogP contribution in [-0.2, 0) is 13.0 Å². The van der Waals surface area contributed by atoms with Gasteiger partial charge in [0.2, 0.25) is 0 Å². The fourth-order valence-corrected chi connectivity index (χ4v) is 4.65. The first-order chi connectivity index (χ1) is 13.2. The number of rotatable bonds is 5. The summed E-state index contributed by atoms with van der Waals surface area (Å²) in [7, 11) is 1.81. The SMILES string of the molecule is CN=C(NCCc1csc(N2CCCC2)n1)NC1CCCn2nc(C)nc21. The van der Waals surface area contributed by atoms with Gasteiger partial charge in [-0.05, 0) is 32.6 Å². The van der Waals surface area contributed by atoms with Crippen molar-refractivity contribution in [2.45, 2.75) is 51.6 Å². The maximum absolute atomic E-state index is 4.79. The summed E-state index contributed by atoms with van der Waals surface area (Å²) >= 11 is 1.76. The number of fused-ring (bicyclic) bond motifs is 1. The summed E-state index contributed by atoms with van der Waals surface area (Å²) in [5.41, 5.74) is 1.15. The first kappa shape index (κ1) is 18.2. The van der Waals surface area contributed by atoms with Gasteiger partial charge < -0.3 is 15.5 Å². The highest BCUT2D eigenvalue weighted by atomic mass is 32.1. The van der Waals surface area contributed by atoms with Crippen molar-refractivity contribution in [2.24, 2.45) is 4.99 Å². The summed E-state index contributed by atoms with van der Waals surface area (Å²) in [6.45, 7) is 5.99. The van der Waals surface area contributed by atoms with E-state index in [-0.39, 0.29) is 6.04 Å². The van der Waals surface area contributed by atoms with Crippen LogP contribution in [0, 0.1) is 6.92 Å². The molecule has 2 aliphatic rings. The second-order valence-electron chi connectivity index (χ2n) is 7.14. The van der Waals surface area contributed by atoms with Crippen molar-refractivity contribution < 1.29 is 0 Å². The molecule has 0 saturated carbocycles. The zero-order chi connectivity index (χ0) is 18.6. The van der Waals surface area contributed by atoms with Gasteiger partial charge in [0.05, 0.1) is 11.7 Å². The lowest BCUT2D eigenvalue weighted by atomic mass is 10.1. The van der Waals surface area contributed by atoms with Gasteiger partial charge in [-0.2, -0.15) is 5.10 Å². The molecular formula is C18H28N8S. The molecule has 0 amide bonds. The van der Waals surface area contributed by atoms with Crippen molar-refractivity contribution >= 4 is 22.4 Å². The summed E-state index contributed by atoms with van der Waals surface area (Å²) in [4.78, 5) is 16.1. The summed E-state index contributed by atoms with van der Waals surface area (Å²) < 4.78 is 2.01. The summed E-state index contributed by atoms with van der Waals surface area (Å²) in [6, 6.07) is 0.159. The van der Waals surface area contributed by atoms with E-state index in [1.54, 1.807) is 11.3 Å². The lowest BCUT2D eigenvalue weighted by molar-refractivity contribution is 0.398. The van der Waals surface area contributed by atoms with Crippen LogP contribution in [-0.4, -0.2) is 52.4 Å². The minimum atomic E-state index is 0.159. The Kier molecular flexibility index (Phi) is 5.56. The number of hydrogen-bond donors (Lipinski definition) is 2. The Labute approximate surface area is 164 Å². The van der Waals surface area contributed by atoms with Gasteiger partial charge in [0.15, 0.2) is 11.1 Å². The molecule has 2 N–H and O–H groups in total. The van der Waals surface area contributed by atoms with E-state index in [1.165, 1.54) is 18.0 Å². The Morgan fingerprint density at radius 3 is 2.93 bits per heavy atom. The van der Waals surface area contributed by atoms with Crippen LogP contribution < -0.4 is 15.5 Å². The number of aryl methyl sites for hydroxylation is 2. The molecule has 1 fully saturated rings. The van der Waals surface area contributed by atoms with Crippen molar-refractivity contribution in [3.63, 3.8) is 0 Å². The molecule has 1 saturated heterocycles. The van der Waals surface area contributed by atoms with E-state index in [1.807, 2.05) is 18.7 Å². The first-order valence-corrected chi connectivity index (χ1v) is 10.7. The molecular weight excluding hydrogens is 360 g/mol. The van der Waals surface area contributed by atoms with E-state index in [0.717, 1.165) is 68.7 Å². The van der Waals surface area contributed by atoms with Crippen molar-refractivity contribution in [1.29, 1.82) is 0 Å². The van der Waals surface area contributed by atoms with Gasteiger partial charge >= 0.3 is 0 Å². The zero-order valence-corrected chi connectivity index (χ0v) is 16.9. The van der Waals surface area contributed by atoms with E-state index in [9.17, 15) is 0 Å². The molecule has 4 rings (SSSR count). The Hall–Kier alpha value is -2.16. The molecule has 1 atom stereocenters. The van der Waals surface area contributed by atoms with Gasteiger partial charge in [-0.15, -0.1) is 11.3 Å². The number of nitrogens with one attached hydrogen (secondary N) is 2. The molecule has 2 aromatic heterocycles. The summed E-state index contributed by atoms with van der Waals surface area (Å²) in [6.07, 6.45) is 5.61. The van der Waals surface area contributed by atoms with E-state index < -0.39 is 0 Å². The molecule has 1 unspecified atom stereocenters. The summed E-state index contributed by atoms with van der Waals surface area (Å²) in [5.74, 6) is 2.65. The van der Waals surface area contributed by atoms with Crippen molar-refractivity contribution in [2.75, 3.05) is 31.6 Å². The van der Waals surface area contributed by atoms with Crippen molar-refractivity contribution in [1.82, 2.24) is 30.4 Å². The van der Waals surface area contributed by atoms with Gasteiger partial charge in [-0.1, -0.05) is 0 Å². The second-order valence-corrected chi connectivity index (χ2v) is 7.98. The monoisotopic (exact) mass is 388 g/mol. The van der Waals surface area contributed by atoms with Gasteiger partial charge in [0, 0.05) is 45.0 Å². The van der Waals surface area contributed by atoms with E-state index in [2.05, 4.69) is 36.0 Å². The van der Waals surface area contributed by atoms with Crippen LogP contribution in [0.2, 0.25) is 0 Å². The Morgan fingerprint density at radius 1 is 1.26 bits per heavy atom. The van der Waals surface area contributed by atoms with Gasteiger partial charge in [-0.25, -0.2) is 14.6 Å². The van der Waals surface area contributed by atoms with Crippen LogP contribution in [0.5, 0.6) is 0 Å². The molecule has 0 aromatic carbocycles. The predicted molar refractivity (Wildman–Crippen MR) is 108 cm³/mol. The van der Waals surface area contributed by atoms with Gasteiger partial charge in [0.1, 0.15) is 11.6 Å². The van der Waals surface area contributed by atoms with Crippen molar-refractivity contribution in [3.8, 4) is 0 Å². The Balaban J connectivity index is 1.29. The summed E-state index contributed by atoms with van der Waals surface area (Å²) in [5, 5.41) is 14.7. The predicted octanol–water partition coefficient (Wildman–Crippen LogP) is 1.89. The van der Waals surface area contributed by atoms with E-state index >= 15 is 0 Å². The molecule has 2 aliphatic heterocycles. The van der Waals surface area contributed by atoms with Crippen LogP contribution in [0.1, 0.15) is 49.1 Å². The molecule has 0 radical (unpaired) electrons. The smallest absolute Gasteiger partial charge is 0.191 e. The normalized spacial score (nSPS) is 20.0. The molecule has 4 heterocycles. The molecule has 27 heavy (non-hydrogen) atoms. The maximum Gasteiger partial charge on any atom is 0.191 e. The van der Waals surface area contributed by atoms with Crippen LogP contribution >= 0.6 is 11.3 Å². The minimum absolute atomic E-state index is 0.159. The third-order valence-corrected chi connectivity index (χ3v) is 6.06. The number of thiazole rings is 1. The molecule has 0 spiro atoms. The van der Waals surface area contributed by atoms with Gasteiger partial charge in [0.25, 0.3) is 0 Å². The fraction of sp³-hybridized carbons (Fsp3) is 0.667. The largest absolute Gasteiger partial charge is 0.356 e. The number of aromatic nitrogens is 4. The van der Waals surface area contributed by atoms with Crippen molar-refractivity contribution in [3.05, 3.63) is 22.7 Å². The highest BCUT2D eigenvalue weighted by Gasteiger charge is 2.24. The quantitative estimate of drug-likeness (QED) is 0.601. The number of aliphatic imine (C=N–C) groups is 1. The molecule has 8 nitrogen and oxygen atoms in total. The van der Waals surface area contributed by atoms with E-state index in [0.29, 0.717) is 0 Å². The lowest BCUT2D eigenvalue weighted by Crippen LogP contribution is -2.42. The number of anilines is 1. The molecule has 2 aromatic rings. The first-order valence-electron chi connectivity index (χ1n) is 9.81. The average molecular weight is 389 g/mol.